The molecule has 17 nitrogen and oxygen atoms in total. The highest BCUT2D eigenvalue weighted by atomic mass is 31.2. The molecule has 0 aromatic heterocycles. The van der Waals surface area contributed by atoms with Gasteiger partial charge in [0.2, 0.25) is 0 Å². The van der Waals surface area contributed by atoms with Crippen LogP contribution in [-0.2, 0) is 65.4 Å². The Bertz CT molecular complexity index is 1870. The summed E-state index contributed by atoms with van der Waals surface area (Å²) in [5, 5.41) is 10.6. The molecular formula is C76H148O17P2. The summed E-state index contributed by atoms with van der Waals surface area (Å²) in [6.07, 6.45) is 50.0. The zero-order valence-corrected chi connectivity index (χ0v) is 64.1. The Kier molecular flexibility index (Phi) is 64.0. The number of phosphoric ester groups is 2. The molecule has 0 aromatic carbocycles. The Morgan fingerprint density at radius 3 is 0.747 bits per heavy atom. The van der Waals surface area contributed by atoms with Crippen LogP contribution in [0, 0.1) is 23.7 Å². The maximum absolute atomic E-state index is 13.1. The molecule has 3 N–H and O–H groups in total. The minimum atomic E-state index is -4.96. The summed E-state index contributed by atoms with van der Waals surface area (Å²) in [4.78, 5) is 72.8. The Balaban J connectivity index is 5.24. The van der Waals surface area contributed by atoms with Crippen LogP contribution in [0.25, 0.3) is 0 Å². The fourth-order valence-electron chi connectivity index (χ4n) is 11.5. The monoisotopic (exact) mass is 1400 g/mol. The van der Waals surface area contributed by atoms with E-state index in [2.05, 4.69) is 55.4 Å². The van der Waals surface area contributed by atoms with Crippen LogP contribution in [-0.4, -0.2) is 96.7 Å². The molecule has 0 saturated carbocycles. The largest absolute Gasteiger partial charge is 0.472 e. The van der Waals surface area contributed by atoms with Gasteiger partial charge in [0.25, 0.3) is 0 Å². The number of hydrogen-bond acceptors (Lipinski definition) is 15. The molecule has 564 valence electrons. The maximum Gasteiger partial charge on any atom is 0.472 e. The minimum Gasteiger partial charge on any atom is -0.462 e. The molecule has 0 rings (SSSR count). The second-order valence-electron chi connectivity index (χ2n) is 29.1. The van der Waals surface area contributed by atoms with Gasteiger partial charge in [0.05, 0.1) is 26.4 Å². The van der Waals surface area contributed by atoms with E-state index in [0.717, 1.165) is 114 Å². The predicted octanol–water partition coefficient (Wildman–Crippen LogP) is 22.0. The molecule has 0 fully saturated rings. The number of aliphatic hydroxyl groups excluding tert-OH is 1. The van der Waals surface area contributed by atoms with E-state index < -0.39 is 97.5 Å². The highest BCUT2D eigenvalue weighted by molar-refractivity contribution is 7.47. The quantitative estimate of drug-likeness (QED) is 0.0222. The lowest BCUT2D eigenvalue weighted by Gasteiger charge is -2.21. The summed E-state index contributed by atoms with van der Waals surface area (Å²) >= 11 is 0. The molecule has 0 heterocycles. The van der Waals surface area contributed by atoms with E-state index in [-0.39, 0.29) is 25.7 Å². The number of esters is 4. The molecule has 0 aliphatic heterocycles. The van der Waals surface area contributed by atoms with Crippen LogP contribution in [0.3, 0.4) is 0 Å². The van der Waals surface area contributed by atoms with Gasteiger partial charge in [-0.15, -0.1) is 0 Å². The van der Waals surface area contributed by atoms with Crippen molar-refractivity contribution in [2.45, 2.75) is 401 Å². The SMILES string of the molecule is CCC(C)CCCCCCCCCCCCC(=O)O[C@H](COC(=O)CCCCCCCCCC(C)C)COP(=O)(O)OCC(O)COP(=O)(O)OC[C@@H](COC(=O)CCCCCCCCCCCCCCCCCC(C)C)OC(=O)CCCCCCCCCCCCC(C)C. The van der Waals surface area contributed by atoms with Crippen LogP contribution in [0.5, 0.6) is 0 Å². The van der Waals surface area contributed by atoms with Gasteiger partial charge < -0.3 is 33.8 Å². The molecule has 4 unspecified atom stereocenters. The second-order valence-corrected chi connectivity index (χ2v) is 32.0. The predicted molar refractivity (Wildman–Crippen MR) is 386 cm³/mol. The van der Waals surface area contributed by atoms with Crippen molar-refractivity contribution in [2.24, 2.45) is 23.7 Å². The fraction of sp³-hybridized carbons (Fsp3) is 0.947. The number of rotatable bonds is 73. The topological polar surface area (TPSA) is 237 Å². The number of unbranched alkanes of at least 4 members (excludes halogenated alkanes) is 38. The molecule has 6 atom stereocenters. The first-order valence-corrected chi connectivity index (χ1v) is 42.2. The summed E-state index contributed by atoms with van der Waals surface area (Å²) in [5.74, 6) is 0.945. The molecule has 0 radical (unpaired) electrons. The van der Waals surface area contributed by atoms with E-state index >= 15 is 0 Å². The van der Waals surface area contributed by atoms with Gasteiger partial charge in [-0.05, 0) is 49.4 Å². The van der Waals surface area contributed by atoms with Crippen molar-refractivity contribution in [1.82, 2.24) is 0 Å². The molecule has 19 heteroatoms. The molecule has 0 spiro atoms. The number of ether oxygens (including phenoxy) is 4. The van der Waals surface area contributed by atoms with Gasteiger partial charge in [-0.2, -0.15) is 0 Å². The third-order valence-corrected chi connectivity index (χ3v) is 19.8. The van der Waals surface area contributed by atoms with Gasteiger partial charge >= 0.3 is 39.5 Å². The number of aliphatic hydroxyl groups is 1. The zero-order chi connectivity index (χ0) is 70.3. The Morgan fingerprint density at radius 1 is 0.295 bits per heavy atom. The first-order valence-electron chi connectivity index (χ1n) is 39.2. The van der Waals surface area contributed by atoms with Crippen LogP contribution < -0.4 is 0 Å². The zero-order valence-electron chi connectivity index (χ0n) is 62.3. The summed E-state index contributed by atoms with van der Waals surface area (Å²) < 4.78 is 68.5. The lowest BCUT2D eigenvalue weighted by Crippen LogP contribution is -2.30. The summed E-state index contributed by atoms with van der Waals surface area (Å²) in [6, 6.07) is 0. The van der Waals surface area contributed by atoms with Crippen molar-refractivity contribution in [3.63, 3.8) is 0 Å². The number of phosphoric acid groups is 2. The van der Waals surface area contributed by atoms with E-state index in [0.29, 0.717) is 31.6 Å². The molecule has 0 amide bonds. The van der Waals surface area contributed by atoms with Crippen molar-refractivity contribution in [1.29, 1.82) is 0 Å². The van der Waals surface area contributed by atoms with E-state index in [9.17, 15) is 43.2 Å². The summed E-state index contributed by atoms with van der Waals surface area (Å²) in [5.41, 5.74) is 0. The molecule has 95 heavy (non-hydrogen) atoms. The van der Waals surface area contributed by atoms with Crippen molar-refractivity contribution in [3.05, 3.63) is 0 Å². The molecule has 0 bridgehead atoms. The van der Waals surface area contributed by atoms with Crippen LogP contribution in [0.4, 0.5) is 0 Å². The van der Waals surface area contributed by atoms with Gasteiger partial charge in [-0.25, -0.2) is 9.13 Å². The van der Waals surface area contributed by atoms with Gasteiger partial charge in [0.15, 0.2) is 12.2 Å². The smallest absolute Gasteiger partial charge is 0.462 e. The Labute approximate surface area is 581 Å². The van der Waals surface area contributed by atoms with E-state index in [1.807, 2.05) is 0 Å². The third kappa shape index (κ3) is 69.0. The average Bonchev–Trinajstić information content (AvgIpc) is 3.38. The normalized spacial score (nSPS) is 14.4. The van der Waals surface area contributed by atoms with Crippen molar-refractivity contribution >= 4 is 39.5 Å². The summed E-state index contributed by atoms with van der Waals surface area (Å²) in [7, 11) is -9.91. The highest BCUT2D eigenvalue weighted by Crippen LogP contribution is 2.45. The molecule has 0 aliphatic rings. The summed E-state index contributed by atoms with van der Waals surface area (Å²) in [6.45, 7) is 14.2. The number of carbonyl (C=O) groups excluding carboxylic acids is 4. The van der Waals surface area contributed by atoms with Crippen LogP contribution in [0.1, 0.15) is 383 Å². The maximum atomic E-state index is 13.1. The first-order chi connectivity index (χ1) is 45.6. The lowest BCUT2D eigenvalue weighted by atomic mass is 9.99. The van der Waals surface area contributed by atoms with Gasteiger partial charge in [0, 0.05) is 25.7 Å². The highest BCUT2D eigenvalue weighted by Gasteiger charge is 2.30. The van der Waals surface area contributed by atoms with E-state index in [4.69, 9.17) is 37.0 Å². The van der Waals surface area contributed by atoms with Crippen molar-refractivity contribution < 1.29 is 80.2 Å². The van der Waals surface area contributed by atoms with Gasteiger partial charge in [-0.3, -0.25) is 37.3 Å². The van der Waals surface area contributed by atoms with Crippen LogP contribution in [0.15, 0.2) is 0 Å². The van der Waals surface area contributed by atoms with Crippen molar-refractivity contribution in [2.75, 3.05) is 39.6 Å². The molecular weight excluding hydrogens is 1250 g/mol. The Morgan fingerprint density at radius 2 is 0.505 bits per heavy atom. The molecule has 0 aromatic rings. The average molecular weight is 1400 g/mol. The Hall–Kier alpha value is -1.94. The van der Waals surface area contributed by atoms with Gasteiger partial charge in [-0.1, -0.05) is 331 Å². The second kappa shape index (κ2) is 65.4. The molecule has 0 aliphatic carbocycles. The minimum absolute atomic E-state index is 0.105. The molecule has 0 saturated heterocycles. The standard InChI is InChI=1S/C76H148O17P2/c1-9-69(8)55-47-39-31-23-18-20-26-34-43-51-59-76(81)93-72(63-87-74(79)57-49-41-35-27-30-38-46-54-68(6)7)65-91-95(84,85)89-61-70(77)60-88-94(82,83)90-64-71(92-75(80)58-50-42-33-25-19-17-22-29-37-45-53-67(4)5)62-86-73(78)56-48-40-32-24-16-14-12-10-11-13-15-21-28-36-44-52-66(2)3/h66-72,77H,9-65H2,1-8H3,(H,82,83)(H,84,85)/t69?,70?,71-,72-/m1/s1. The van der Waals surface area contributed by atoms with Crippen LogP contribution >= 0.6 is 15.6 Å². The number of carbonyl (C=O) groups is 4. The van der Waals surface area contributed by atoms with Crippen molar-refractivity contribution in [3.8, 4) is 0 Å². The van der Waals surface area contributed by atoms with Gasteiger partial charge in [0.1, 0.15) is 19.3 Å². The van der Waals surface area contributed by atoms with Crippen LogP contribution in [0.2, 0.25) is 0 Å². The third-order valence-electron chi connectivity index (χ3n) is 17.9. The fourth-order valence-corrected chi connectivity index (χ4v) is 13.1. The van der Waals surface area contributed by atoms with E-state index in [1.165, 1.54) is 180 Å². The number of hydrogen-bond donors (Lipinski definition) is 3. The van der Waals surface area contributed by atoms with E-state index in [1.54, 1.807) is 0 Å². The lowest BCUT2D eigenvalue weighted by molar-refractivity contribution is -0.161. The first kappa shape index (κ1) is 93.1.